The second-order valence-electron chi connectivity index (χ2n) is 9.63. The monoisotopic (exact) mass is 448 g/mol. The van der Waals surface area contributed by atoms with Gasteiger partial charge in [-0.25, -0.2) is 0 Å². The Kier molecular flexibility index (Phi) is 6.06. The van der Waals surface area contributed by atoms with Gasteiger partial charge in [0, 0.05) is 50.0 Å². The van der Waals surface area contributed by atoms with Crippen molar-refractivity contribution >= 4 is 16.8 Å². The molecule has 0 radical (unpaired) electrons. The van der Waals surface area contributed by atoms with E-state index in [1.807, 2.05) is 34.8 Å². The Hall–Kier alpha value is -2.93. The summed E-state index contributed by atoms with van der Waals surface area (Å²) in [5.41, 5.74) is 3.06. The van der Waals surface area contributed by atoms with Crippen molar-refractivity contribution in [2.75, 3.05) is 13.1 Å². The third-order valence-electron chi connectivity index (χ3n) is 7.28. The third-order valence-corrected chi connectivity index (χ3v) is 7.28. The zero-order valence-corrected chi connectivity index (χ0v) is 19.4. The highest BCUT2D eigenvalue weighted by Gasteiger charge is 2.44. The van der Waals surface area contributed by atoms with Gasteiger partial charge >= 0.3 is 0 Å². The van der Waals surface area contributed by atoms with Crippen molar-refractivity contribution in [3.8, 4) is 5.75 Å². The van der Waals surface area contributed by atoms with Gasteiger partial charge in [-0.2, -0.15) is 5.10 Å². The fourth-order valence-electron chi connectivity index (χ4n) is 5.56. The fourth-order valence-corrected chi connectivity index (χ4v) is 5.56. The predicted octanol–water partition coefficient (Wildman–Crippen LogP) is 3.51. The standard InChI is InChI=1S/C26H32N4O3/c1-17-12-18(2)26(25-21(17)6-3-8-27-25)33-23-14-20-16-29(15-19(20)13-22(23)31)24(32)7-4-10-30-11-5-9-28-30/h3,5-6,8-9,11-12,19-20,22-23,31H,4,7,10,13-16H2,1-2H3/t19-,20+,22+,23+/m0/s1. The van der Waals surface area contributed by atoms with Crippen LogP contribution < -0.4 is 4.74 Å². The van der Waals surface area contributed by atoms with E-state index in [2.05, 4.69) is 29.1 Å². The summed E-state index contributed by atoms with van der Waals surface area (Å²) in [5, 5.41) is 16.2. The number of aliphatic hydroxyl groups excluding tert-OH is 1. The molecule has 3 heterocycles. The number of likely N-dealkylation sites (tertiary alicyclic amines) is 1. The lowest BCUT2D eigenvalue weighted by molar-refractivity contribution is -0.130. The van der Waals surface area contributed by atoms with Gasteiger partial charge in [-0.1, -0.05) is 12.1 Å². The maximum atomic E-state index is 12.8. The van der Waals surface area contributed by atoms with E-state index in [0.717, 1.165) is 54.7 Å². The van der Waals surface area contributed by atoms with Crippen molar-refractivity contribution in [1.29, 1.82) is 0 Å². The van der Waals surface area contributed by atoms with Gasteiger partial charge in [-0.3, -0.25) is 14.5 Å². The number of benzene rings is 1. The van der Waals surface area contributed by atoms with Gasteiger partial charge in [0.2, 0.25) is 5.91 Å². The van der Waals surface area contributed by atoms with E-state index in [-0.39, 0.29) is 12.0 Å². The van der Waals surface area contributed by atoms with Gasteiger partial charge in [-0.15, -0.1) is 0 Å². The Morgan fingerprint density at radius 1 is 1.15 bits per heavy atom. The second-order valence-corrected chi connectivity index (χ2v) is 9.63. The Morgan fingerprint density at radius 2 is 1.97 bits per heavy atom. The van der Waals surface area contributed by atoms with Crippen LogP contribution >= 0.6 is 0 Å². The molecule has 1 saturated heterocycles. The average Bonchev–Trinajstić information content (AvgIpc) is 3.46. The minimum atomic E-state index is -0.541. The smallest absolute Gasteiger partial charge is 0.222 e. The molecule has 7 nitrogen and oxygen atoms in total. The molecule has 4 atom stereocenters. The number of aromatic nitrogens is 3. The summed E-state index contributed by atoms with van der Waals surface area (Å²) in [5.74, 6) is 1.67. The number of rotatable bonds is 6. The van der Waals surface area contributed by atoms with Gasteiger partial charge in [0.05, 0.1) is 6.10 Å². The number of carbonyl (C=O) groups excluding carboxylic acids is 1. The molecule has 174 valence electrons. The Labute approximate surface area is 194 Å². The van der Waals surface area contributed by atoms with E-state index in [0.29, 0.717) is 24.7 Å². The molecule has 7 heteroatoms. The highest BCUT2D eigenvalue weighted by Crippen LogP contribution is 2.40. The van der Waals surface area contributed by atoms with Crippen LogP contribution in [0, 0.1) is 25.7 Å². The lowest BCUT2D eigenvalue weighted by Gasteiger charge is -2.35. The number of nitrogens with zero attached hydrogens (tertiary/aromatic N) is 4. The van der Waals surface area contributed by atoms with E-state index in [9.17, 15) is 9.90 Å². The molecule has 0 unspecified atom stereocenters. The molecule has 1 aliphatic heterocycles. The number of amides is 1. The summed E-state index contributed by atoms with van der Waals surface area (Å²) >= 11 is 0. The maximum absolute atomic E-state index is 12.8. The van der Waals surface area contributed by atoms with Crippen molar-refractivity contribution in [2.45, 2.75) is 58.3 Å². The third kappa shape index (κ3) is 4.47. The first-order valence-electron chi connectivity index (χ1n) is 11.9. The highest BCUT2D eigenvalue weighted by molar-refractivity contribution is 5.88. The Bertz CT molecular complexity index is 1130. The molecule has 1 saturated carbocycles. The normalized spacial score (nSPS) is 24.8. The average molecular weight is 449 g/mol. The molecule has 2 aromatic heterocycles. The molecule has 3 aromatic rings. The van der Waals surface area contributed by atoms with Gasteiger partial charge in [-0.05, 0) is 68.2 Å². The number of aliphatic hydroxyl groups is 1. The lowest BCUT2D eigenvalue weighted by Crippen LogP contribution is -2.42. The van der Waals surface area contributed by atoms with E-state index < -0.39 is 6.10 Å². The molecular weight excluding hydrogens is 416 g/mol. The topological polar surface area (TPSA) is 80.5 Å². The van der Waals surface area contributed by atoms with E-state index >= 15 is 0 Å². The SMILES string of the molecule is Cc1cc(C)c2cccnc2c1O[C@@H]1C[C@@H]2CN(C(=O)CCCn3cccn3)C[C@@H]2C[C@H]1O. The number of pyridine rings is 1. The van der Waals surface area contributed by atoms with Gasteiger partial charge < -0.3 is 14.7 Å². The Balaban J connectivity index is 1.23. The first-order valence-corrected chi connectivity index (χ1v) is 11.9. The lowest BCUT2D eigenvalue weighted by atomic mass is 9.78. The largest absolute Gasteiger partial charge is 0.485 e. The maximum Gasteiger partial charge on any atom is 0.222 e. The summed E-state index contributed by atoms with van der Waals surface area (Å²) in [4.78, 5) is 19.4. The first kappa shape index (κ1) is 21.9. The molecule has 0 bridgehead atoms. The van der Waals surface area contributed by atoms with Crippen LogP contribution in [0.15, 0.2) is 42.9 Å². The molecular formula is C26H32N4O3. The number of hydrogen-bond donors (Lipinski definition) is 1. The fraction of sp³-hybridized carbons (Fsp3) is 0.500. The van der Waals surface area contributed by atoms with Crippen LogP contribution in [0.25, 0.3) is 10.9 Å². The first-order chi connectivity index (χ1) is 16.0. The van der Waals surface area contributed by atoms with Crippen LogP contribution in [0.2, 0.25) is 0 Å². The zero-order chi connectivity index (χ0) is 22.9. The minimum absolute atomic E-state index is 0.202. The van der Waals surface area contributed by atoms with Crippen LogP contribution in [0.4, 0.5) is 0 Å². The predicted molar refractivity (Wildman–Crippen MR) is 126 cm³/mol. The summed E-state index contributed by atoms with van der Waals surface area (Å²) in [7, 11) is 0. The van der Waals surface area contributed by atoms with Crippen molar-refractivity contribution in [3.05, 3.63) is 54.0 Å². The van der Waals surface area contributed by atoms with E-state index in [1.54, 1.807) is 12.4 Å². The van der Waals surface area contributed by atoms with Gasteiger partial charge in [0.15, 0.2) is 0 Å². The number of hydrogen-bond acceptors (Lipinski definition) is 5. The van der Waals surface area contributed by atoms with E-state index in [4.69, 9.17) is 4.74 Å². The highest BCUT2D eigenvalue weighted by atomic mass is 16.5. The van der Waals surface area contributed by atoms with Gasteiger partial charge in [0.25, 0.3) is 0 Å². The van der Waals surface area contributed by atoms with Crippen LogP contribution in [-0.4, -0.2) is 56.0 Å². The van der Waals surface area contributed by atoms with Gasteiger partial charge in [0.1, 0.15) is 17.4 Å². The summed E-state index contributed by atoms with van der Waals surface area (Å²) in [6, 6.07) is 8.02. The molecule has 1 N–H and O–H groups in total. The van der Waals surface area contributed by atoms with Crippen LogP contribution in [0.3, 0.4) is 0 Å². The summed E-state index contributed by atoms with van der Waals surface area (Å²) in [6.45, 7) is 6.37. The Morgan fingerprint density at radius 3 is 2.76 bits per heavy atom. The van der Waals surface area contributed by atoms with Crippen molar-refractivity contribution in [3.63, 3.8) is 0 Å². The second kappa shape index (κ2) is 9.14. The quantitative estimate of drug-likeness (QED) is 0.624. The minimum Gasteiger partial charge on any atom is -0.485 e. The molecule has 2 fully saturated rings. The molecule has 0 spiro atoms. The number of fused-ring (bicyclic) bond motifs is 2. The van der Waals surface area contributed by atoms with Crippen molar-refractivity contribution in [2.24, 2.45) is 11.8 Å². The van der Waals surface area contributed by atoms with E-state index in [1.165, 1.54) is 5.56 Å². The summed E-state index contributed by atoms with van der Waals surface area (Å²) < 4.78 is 8.31. The van der Waals surface area contributed by atoms with Crippen molar-refractivity contribution in [1.82, 2.24) is 19.7 Å². The molecule has 1 aromatic carbocycles. The molecule has 33 heavy (non-hydrogen) atoms. The van der Waals surface area contributed by atoms with Crippen LogP contribution in [0.1, 0.15) is 36.8 Å². The molecule has 2 aliphatic rings. The number of carbonyl (C=O) groups is 1. The molecule has 1 aliphatic carbocycles. The zero-order valence-electron chi connectivity index (χ0n) is 19.4. The van der Waals surface area contributed by atoms with Crippen molar-refractivity contribution < 1.29 is 14.6 Å². The van der Waals surface area contributed by atoms with Crippen LogP contribution in [0.5, 0.6) is 5.75 Å². The number of aryl methyl sites for hydroxylation is 3. The molecule has 5 rings (SSSR count). The molecule has 1 amide bonds. The summed E-state index contributed by atoms with van der Waals surface area (Å²) in [6.07, 6.45) is 7.38. The number of ether oxygens (including phenoxy) is 1. The van der Waals surface area contributed by atoms with Crippen LogP contribution in [-0.2, 0) is 11.3 Å².